The maximum atomic E-state index is 11.0. The van der Waals surface area contributed by atoms with E-state index in [1.165, 1.54) is 7.11 Å². The predicted molar refractivity (Wildman–Crippen MR) is 49.2 cm³/mol. The lowest BCUT2D eigenvalue weighted by Gasteiger charge is -2.07. The minimum absolute atomic E-state index is 0. The third kappa shape index (κ3) is 1.90. The molecule has 1 aliphatic carbocycles. The molecule has 0 aromatic carbocycles. The molecule has 0 saturated heterocycles. The average Bonchev–Trinajstić information content (AvgIpc) is 2.63. The van der Waals surface area contributed by atoms with E-state index in [0.717, 1.165) is 19.3 Å². The van der Waals surface area contributed by atoms with Crippen LogP contribution in [-0.4, -0.2) is 18.6 Å². The van der Waals surface area contributed by atoms with E-state index in [-0.39, 0.29) is 18.4 Å². The molecule has 12 heavy (non-hydrogen) atoms. The van der Waals surface area contributed by atoms with Gasteiger partial charge in [-0.05, 0) is 18.8 Å². The van der Waals surface area contributed by atoms with Crippen molar-refractivity contribution >= 4 is 18.4 Å². The van der Waals surface area contributed by atoms with Gasteiger partial charge in [-0.2, -0.15) is 0 Å². The zero-order valence-corrected chi connectivity index (χ0v) is 8.32. The lowest BCUT2D eigenvalue weighted by atomic mass is 10.1. The summed E-state index contributed by atoms with van der Waals surface area (Å²) < 4.78 is 4.59. The fourth-order valence-electron chi connectivity index (χ4n) is 1.50. The Balaban J connectivity index is 0.00000121. The maximum Gasteiger partial charge on any atom is 0.326 e. The second-order valence-electron chi connectivity index (χ2n) is 3.22. The number of methoxy groups -OCH3 is 1. The Morgan fingerprint density at radius 2 is 2.33 bits per heavy atom. The molecule has 2 unspecified atom stereocenters. The summed E-state index contributed by atoms with van der Waals surface area (Å²) in [6.45, 7) is 2.09. The van der Waals surface area contributed by atoms with E-state index in [1.807, 2.05) is 0 Å². The normalized spacial score (nSPS) is 32.1. The molecular formula is C8H16ClNO2. The molecule has 0 bridgehead atoms. The molecule has 72 valence electrons. The van der Waals surface area contributed by atoms with Crippen LogP contribution in [0.1, 0.15) is 26.2 Å². The van der Waals surface area contributed by atoms with E-state index in [0.29, 0.717) is 5.92 Å². The van der Waals surface area contributed by atoms with Crippen LogP contribution in [0.5, 0.6) is 0 Å². The number of hydrogen-bond acceptors (Lipinski definition) is 3. The Kier molecular flexibility index (Phi) is 4.00. The number of nitrogens with two attached hydrogens (primary N) is 1. The second kappa shape index (κ2) is 4.10. The van der Waals surface area contributed by atoms with Gasteiger partial charge in [-0.1, -0.05) is 13.3 Å². The van der Waals surface area contributed by atoms with Crippen LogP contribution in [0.3, 0.4) is 0 Å². The van der Waals surface area contributed by atoms with Gasteiger partial charge < -0.3 is 10.5 Å². The molecule has 0 aliphatic heterocycles. The summed E-state index contributed by atoms with van der Waals surface area (Å²) in [7, 11) is 1.39. The molecule has 1 rings (SSSR count). The van der Waals surface area contributed by atoms with Gasteiger partial charge in [-0.25, -0.2) is 0 Å². The van der Waals surface area contributed by atoms with E-state index < -0.39 is 5.54 Å². The van der Waals surface area contributed by atoms with Crippen LogP contribution in [-0.2, 0) is 9.53 Å². The van der Waals surface area contributed by atoms with E-state index in [1.54, 1.807) is 0 Å². The molecule has 0 spiro atoms. The number of esters is 1. The van der Waals surface area contributed by atoms with Crippen molar-refractivity contribution in [3.63, 3.8) is 0 Å². The molecule has 2 N–H and O–H groups in total. The number of rotatable bonds is 3. The van der Waals surface area contributed by atoms with Gasteiger partial charge >= 0.3 is 5.97 Å². The highest BCUT2D eigenvalue weighted by atomic mass is 35.5. The van der Waals surface area contributed by atoms with Crippen LogP contribution >= 0.6 is 12.4 Å². The molecule has 2 atom stereocenters. The lowest BCUT2D eigenvalue weighted by molar-refractivity contribution is -0.143. The minimum Gasteiger partial charge on any atom is -0.468 e. The molecule has 0 radical (unpaired) electrons. The van der Waals surface area contributed by atoms with Crippen LogP contribution in [0.25, 0.3) is 0 Å². The molecule has 0 heterocycles. The lowest BCUT2D eigenvalue weighted by Crippen LogP contribution is -2.36. The Labute approximate surface area is 79.1 Å². The van der Waals surface area contributed by atoms with Crippen molar-refractivity contribution in [1.29, 1.82) is 0 Å². The average molecular weight is 194 g/mol. The molecule has 0 aromatic rings. The first-order chi connectivity index (χ1) is 5.15. The number of halogens is 1. The van der Waals surface area contributed by atoms with Crippen molar-refractivity contribution in [3.05, 3.63) is 0 Å². The molecule has 4 heteroatoms. The van der Waals surface area contributed by atoms with Crippen LogP contribution in [0.4, 0.5) is 0 Å². The van der Waals surface area contributed by atoms with Gasteiger partial charge in [0.1, 0.15) is 5.54 Å². The number of hydrogen-bond donors (Lipinski definition) is 1. The van der Waals surface area contributed by atoms with Crippen molar-refractivity contribution in [2.24, 2.45) is 11.7 Å². The smallest absolute Gasteiger partial charge is 0.326 e. The summed E-state index contributed by atoms with van der Waals surface area (Å²) in [5, 5.41) is 0. The second-order valence-corrected chi connectivity index (χ2v) is 3.22. The Bertz CT molecular complexity index is 174. The Morgan fingerprint density at radius 3 is 2.75 bits per heavy atom. The number of carbonyl (C=O) groups is 1. The fraction of sp³-hybridized carbons (Fsp3) is 0.875. The summed E-state index contributed by atoms with van der Waals surface area (Å²) in [6.07, 6.45) is 2.92. The number of ether oxygens (including phenoxy) is 1. The van der Waals surface area contributed by atoms with Gasteiger partial charge in [0.2, 0.25) is 0 Å². The van der Waals surface area contributed by atoms with Crippen molar-refractivity contribution in [2.75, 3.05) is 7.11 Å². The summed E-state index contributed by atoms with van der Waals surface area (Å²) in [4.78, 5) is 11.0. The van der Waals surface area contributed by atoms with Crippen LogP contribution in [0.2, 0.25) is 0 Å². The molecule has 0 aromatic heterocycles. The van der Waals surface area contributed by atoms with Gasteiger partial charge in [-0.3, -0.25) is 4.79 Å². The first-order valence-electron chi connectivity index (χ1n) is 4.02. The monoisotopic (exact) mass is 193 g/mol. The van der Waals surface area contributed by atoms with Crippen molar-refractivity contribution in [1.82, 2.24) is 0 Å². The third-order valence-corrected chi connectivity index (χ3v) is 2.36. The van der Waals surface area contributed by atoms with E-state index in [9.17, 15) is 4.79 Å². The van der Waals surface area contributed by atoms with Gasteiger partial charge in [0.25, 0.3) is 0 Å². The highest BCUT2D eigenvalue weighted by Crippen LogP contribution is 2.44. The molecule has 1 fully saturated rings. The van der Waals surface area contributed by atoms with Gasteiger partial charge in [0.05, 0.1) is 7.11 Å². The highest BCUT2D eigenvalue weighted by Gasteiger charge is 2.57. The summed E-state index contributed by atoms with van der Waals surface area (Å²) in [6, 6.07) is 0. The topological polar surface area (TPSA) is 52.3 Å². The minimum atomic E-state index is -0.634. The Morgan fingerprint density at radius 1 is 1.75 bits per heavy atom. The molecule has 0 amide bonds. The third-order valence-electron chi connectivity index (χ3n) is 2.36. The fourth-order valence-corrected chi connectivity index (χ4v) is 1.50. The van der Waals surface area contributed by atoms with Gasteiger partial charge in [0, 0.05) is 0 Å². The molecule has 1 aliphatic rings. The summed E-state index contributed by atoms with van der Waals surface area (Å²) >= 11 is 0. The quantitative estimate of drug-likeness (QED) is 0.683. The molecule has 1 saturated carbocycles. The van der Waals surface area contributed by atoms with E-state index in [2.05, 4.69) is 11.7 Å². The van der Waals surface area contributed by atoms with Gasteiger partial charge in [0.15, 0.2) is 0 Å². The zero-order chi connectivity index (χ0) is 8.48. The van der Waals surface area contributed by atoms with Crippen molar-refractivity contribution in [3.8, 4) is 0 Å². The molecular weight excluding hydrogens is 178 g/mol. The van der Waals surface area contributed by atoms with Crippen LogP contribution in [0.15, 0.2) is 0 Å². The molecule has 3 nitrogen and oxygen atoms in total. The zero-order valence-electron chi connectivity index (χ0n) is 7.50. The standard InChI is InChI=1S/C8H15NO2.ClH/c1-3-4-6-5-8(6,9)7(10)11-2;/h6H,3-5,9H2,1-2H3;1H. The predicted octanol–water partition coefficient (Wildman–Crippen LogP) is 1.10. The SMILES string of the molecule is CCCC1CC1(N)C(=O)OC.Cl. The Hall–Kier alpha value is -0.280. The maximum absolute atomic E-state index is 11.0. The first kappa shape index (κ1) is 11.7. The van der Waals surface area contributed by atoms with Gasteiger partial charge in [-0.15, -0.1) is 12.4 Å². The summed E-state index contributed by atoms with van der Waals surface area (Å²) in [5.41, 5.74) is 5.12. The van der Waals surface area contributed by atoms with Crippen molar-refractivity contribution < 1.29 is 9.53 Å². The first-order valence-corrected chi connectivity index (χ1v) is 4.02. The number of carbonyl (C=O) groups excluding carboxylic acids is 1. The largest absolute Gasteiger partial charge is 0.468 e. The van der Waals surface area contributed by atoms with Crippen LogP contribution in [0, 0.1) is 5.92 Å². The van der Waals surface area contributed by atoms with Crippen LogP contribution < -0.4 is 5.73 Å². The van der Waals surface area contributed by atoms with E-state index in [4.69, 9.17) is 5.73 Å². The van der Waals surface area contributed by atoms with E-state index >= 15 is 0 Å². The highest BCUT2D eigenvalue weighted by molar-refractivity contribution is 5.85. The summed E-state index contributed by atoms with van der Waals surface area (Å²) in [5.74, 6) is 0.107. The van der Waals surface area contributed by atoms with Crippen molar-refractivity contribution in [2.45, 2.75) is 31.7 Å².